The van der Waals surface area contributed by atoms with Crippen molar-refractivity contribution in [3.05, 3.63) is 94.9 Å². The molecule has 2 aromatic carbocycles. The van der Waals surface area contributed by atoms with Crippen molar-refractivity contribution in [2.24, 2.45) is 0 Å². The van der Waals surface area contributed by atoms with E-state index in [9.17, 15) is 9.90 Å². The maximum Gasteiger partial charge on any atom is 0.354 e. The fourth-order valence-electron chi connectivity index (χ4n) is 5.21. The summed E-state index contributed by atoms with van der Waals surface area (Å²) in [6, 6.07) is 19.6. The number of carbonyl (C=O) groups is 1. The van der Waals surface area contributed by atoms with Gasteiger partial charge in [-0.2, -0.15) is 5.10 Å². The van der Waals surface area contributed by atoms with E-state index in [0.717, 1.165) is 54.7 Å². The van der Waals surface area contributed by atoms with Gasteiger partial charge in [-0.05, 0) is 78.1 Å². The molecule has 2 N–H and O–H groups in total. The molecule has 2 aromatic heterocycles. The van der Waals surface area contributed by atoms with Gasteiger partial charge >= 0.3 is 5.97 Å². The predicted molar refractivity (Wildman–Crippen MR) is 152 cm³/mol. The molecule has 1 aliphatic rings. The maximum atomic E-state index is 12.0. The molecule has 5 rings (SSSR count). The zero-order chi connectivity index (χ0) is 26.7. The highest BCUT2D eigenvalue weighted by Crippen LogP contribution is 2.34. The van der Waals surface area contributed by atoms with Crippen molar-refractivity contribution in [1.82, 2.24) is 20.1 Å². The molecular weight excluding hydrogens is 472 g/mol. The molecule has 0 spiro atoms. The van der Waals surface area contributed by atoms with Crippen molar-refractivity contribution in [2.45, 2.75) is 58.4 Å². The smallest absolute Gasteiger partial charge is 0.354 e. The summed E-state index contributed by atoms with van der Waals surface area (Å²) in [4.78, 5) is 16.2. The van der Waals surface area contributed by atoms with Gasteiger partial charge in [0.2, 0.25) is 0 Å². The maximum absolute atomic E-state index is 12.0. The number of carboxylic acids is 1. The number of aromatic carboxylic acids is 1. The Balaban J connectivity index is 1.11. The predicted octanol–water partition coefficient (Wildman–Crippen LogP) is 5.93. The molecule has 38 heavy (non-hydrogen) atoms. The zero-order valence-corrected chi connectivity index (χ0v) is 22.5. The third-order valence-electron chi connectivity index (χ3n) is 7.41. The number of carboxylic acid groups (broad SMARTS) is 1. The Morgan fingerprint density at radius 1 is 0.974 bits per heavy atom. The summed E-state index contributed by atoms with van der Waals surface area (Å²) in [5.41, 5.74) is 9.40. The van der Waals surface area contributed by atoms with Crippen molar-refractivity contribution in [3.8, 4) is 22.4 Å². The van der Waals surface area contributed by atoms with Crippen LogP contribution in [0.15, 0.2) is 67.0 Å². The van der Waals surface area contributed by atoms with Crippen LogP contribution in [0.1, 0.15) is 59.9 Å². The van der Waals surface area contributed by atoms with E-state index in [-0.39, 0.29) is 5.41 Å². The van der Waals surface area contributed by atoms with Crippen LogP contribution in [0.25, 0.3) is 22.4 Å². The second-order valence-electron chi connectivity index (χ2n) is 11.1. The average Bonchev–Trinajstić information content (AvgIpc) is 3.30. The molecule has 0 fully saturated rings. The Bertz CT molecular complexity index is 1410. The molecular formula is C32H36N4O2. The molecule has 4 aromatic rings. The van der Waals surface area contributed by atoms with Gasteiger partial charge in [0.05, 0.1) is 5.69 Å². The second kappa shape index (κ2) is 10.9. The fourth-order valence-corrected chi connectivity index (χ4v) is 5.21. The molecule has 0 aliphatic heterocycles. The first-order valence-corrected chi connectivity index (χ1v) is 13.5. The highest BCUT2D eigenvalue weighted by Gasteiger charge is 2.28. The Labute approximate surface area is 224 Å². The summed E-state index contributed by atoms with van der Waals surface area (Å²) in [6.07, 6.45) is 6.86. The first-order valence-electron chi connectivity index (χ1n) is 13.5. The van der Waals surface area contributed by atoms with Gasteiger partial charge in [0.25, 0.3) is 0 Å². The number of hydrogen-bond acceptors (Lipinski definition) is 4. The number of nitrogens with zero attached hydrogens (tertiary/aromatic N) is 3. The SMILES string of the molecule is CC(C)(C)c1ccc(-c2ccc(CCNCCCn3nc4c(c3C(=O)O)CCc3cnccc3-4)cc2)cc1. The third-order valence-corrected chi connectivity index (χ3v) is 7.41. The summed E-state index contributed by atoms with van der Waals surface area (Å²) >= 11 is 0. The van der Waals surface area contributed by atoms with Crippen molar-refractivity contribution in [2.75, 3.05) is 13.1 Å². The summed E-state index contributed by atoms with van der Waals surface area (Å²) in [7, 11) is 0. The third kappa shape index (κ3) is 5.55. The molecule has 196 valence electrons. The molecule has 2 heterocycles. The van der Waals surface area contributed by atoms with Gasteiger partial charge in [0.15, 0.2) is 0 Å². The Morgan fingerprint density at radius 2 is 1.68 bits per heavy atom. The Kier molecular flexibility index (Phi) is 7.43. The normalized spacial score (nSPS) is 12.7. The molecule has 6 nitrogen and oxygen atoms in total. The molecule has 0 amide bonds. The van der Waals surface area contributed by atoms with E-state index in [1.54, 1.807) is 10.9 Å². The van der Waals surface area contributed by atoms with Crippen LogP contribution in [-0.2, 0) is 31.2 Å². The van der Waals surface area contributed by atoms with E-state index in [1.807, 2.05) is 12.3 Å². The molecule has 0 radical (unpaired) electrons. The van der Waals surface area contributed by atoms with Crippen LogP contribution in [0.2, 0.25) is 0 Å². The monoisotopic (exact) mass is 508 g/mol. The Hall–Kier alpha value is -3.77. The van der Waals surface area contributed by atoms with Gasteiger partial charge in [-0.25, -0.2) is 4.79 Å². The quantitative estimate of drug-likeness (QED) is 0.274. The largest absolute Gasteiger partial charge is 0.477 e. The lowest BCUT2D eigenvalue weighted by molar-refractivity contribution is 0.0681. The number of nitrogens with one attached hydrogen (secondary N) is 1. The fraction of sp³-hybridized carbons (Fsp3) is 0.344. The van der Waals surface area contributed by atoms with Crippen LogP contribution >= 0.6 is 0 Å². The van der Waals surface area contributed by atoms with Crippen LogP contribution in [0, 0.1) is 0 Å². The number of pyridine rings is 1. The van der Waals surface area contributed by atoms with Crippen molar-refractivity contribution in [1.29, 1.82) is 0 Å². The topological polar surface area (TPSA) is 80.0 Å². The van der Waals surface area contributed by atoms with E-state index in [4.69, 9.17) is 5.10 Å². The van der Waals surface area contributed by atoms with E-state index < -0.39 is 5.97 Å². The lowest BCUT2D eigenvalue weighted by atomic mass is 9.86. The van der Waals surface area contributed by atoms with E-state index in [0.29, 0.717) is 18.7 Å². The number of rotatable bonds is 9. The standard InChI is InChI=1S/C32H36N4O2/c1-32(2,3)26-12-9-24(10-13-26)23-7-5-22(6-8-23)15-18-33-17-4-20-36-30(31(37)38)28-14-11-25-21-34-19-16-27(25)29(28)35-36/h5-10,12-13,16,19,21,33H,4,11,14-15,17-18,20H2,1-3H3,(H,37,38). The number of hydrogen-bond donors (Lipinski definition) is 2. The van der Waals surface area contributed by atoms with Crippen molar-refractivity contribution in [3.63, 3.8) is 0 Å². The van der Waals surface area contributed by atoms with Crippen molar-refractivity contribution >= 4 is 5.97 Å². The number of aromatic nitrogens is 3. The van der Waals surface area contributed by atoms with Crippen LogP contribution in [0.3, 0.4) is 0 Å². The Morgan fingerprint density at radius 3 is 2.37 bits per heavy atom. The lowest BCUT2D eigenvalue weighted by Crippen LogP contribution is -2.21. The van der Waals surface area contributed by atoms with Crippen LogP contribution in [0.5, 0.6) is 0 Å². The average molecular weight is 509 g/mol. The number of aryl methyl sites for hydroxylation is 2. The van der Waals surface area contributed by atoms with Crippen molar-refractivity contribution < 1.29 is 9.90 Å². The van der Waals surface area contributed by atoms with E-state index >= 15 is 0 Å². The molecule has 1 aliphatic carbocycles. The van der Waals surface area contributed by atoms with Gasteiger partial charge in [-0.1, -0.05) is 69.3 Å². The van der Waals surface area contributed by atoms with Gasteiger partial charge in [0, 0.05) is 30.1 Å². The minimum atomic E-state index is -0.905. The lowest BCUT2D eigenvalue weighted by Gasteiger charge is -2.19. The van der Waals surface area contributed by atoms with Gasteiger partial charge < -0.3 is 10.4 Å². The molecule has 0 unspecified atom stereocenters. The summed E-state index contributed by atoms with van der Waals surface area (Å²) in [5.74, 6) is -0.905. The molecule has 6 heteroatoms. The summed E-state index contributed by atoms with van der Waals surface area (Å²) < 4.78 is 1.68. The minimum absolute atomic E-state index is 0.163. The molecule has 0 bridgehead atoms. The highest BCUT2D eigenvalue weighted by atomic mass is 16.4. The molecule has 0 saturated heterocycles. The van der Waals surface area contributed by atoms with Gasteiger partial charge in [0.1, 0.15) is 5.69 Å². The van der Waals surface area contributed by atoms with Crippen LogP contribution < -0.4 is 5.32 Å². The van der Waals surface area contributed by atoms with Gasteiger partial charge in [-0.15, -0.1) is 0 Å². The zero-order valence-electron chi connectivity index (χ0n) is 22.5. The van der Waals surface area contributed by atoms with E-state index in [1.165, 1.54) is 22.3 Å². The minimum Gasteiger partial charge on any atom is -0.477 e. The number of fused-ring (bicyclic) bond motifs is 3. The van der Waals surface area contributed by atoms with E-state index in [2.05, 4.69) is 79.6 Å². The summed E-state index contributed by atoms with van der Waals surface area (Å²) in [6.45, 7) is 8.97. The first-order chi connectivity index (χ1) is 18.3. The van der Waals surface area contributed by atoms with Gasteiger partial charge in [-0.3, -0.25) is 9.67 Å². The second-order valence-corrected chi connectivity index (χ2v) is 11.1. The number of benzene rings is 2. The van der Waals surface area contributed by atoms with Crippen LogP contribution in [0.4, 0.5) is 0 Å². The molecule has 0 atom stereocenters. The first kappa shape index (κ1) is 25.9. The highest BCUT2D eigenvalue weighted by molar-refractivity contribution is 5.90. The summed E-state index contributed by atoms with van der Waals surface area (Å²) in [5, 5.41) is 18.1. The molecule has 0 saturated carbocycles. The van der Waals surface area contributed by atoms with Crippen LogP contribution in [-0.4, -0.2) is 38.9 Å².